The van der Waals surface area contributed by atoms with Crippen LogP contribution in [0.5, 0.6) is 0 Å². The second kappa shape index (κ2) is 47.5. The fourth-order valence-electron chi connectivity index (χ4n) is 17.7. The van der Waals surface area contributed by atoms with Crippen molar-refractivity contribution in [3.05, 3.63) is 143 Å². The number of aromatic nitrogens is 10. The van der Waals surface area contributed by atoms with E-state index in [0.29, 0.717) is 215 Å². The lowest BCUT2D eigenvalue weighted by Crippen LogP contribution is -2.54. The molecule has 6 aromatic heterocycles. The summed E-state index contributed by atoms with van der Waals surface area (Å²) in [5, 5.41) is 23.5. The number of nitrogens with two attached hydrogens (primary N) is 2. The highest BCUT2D eigenvalue weighted by Gasteiger charge is 2.42. The summed E-state index contributed by atoms with van der Waals surface area (Å²) in [4.78, 5) is 152. The Morgan fingerprint density at radius 2 is 1.42 bits per heavy atom. The Labute approximate surface area is 758 Å². The van der Waals surface area contributed by atoms with Crippen molar-refractivity contribution in [1.82, 2.24) is 70.1 Å². The first-order chi connectivity index (χ1) is 63.0. The number of ether oxygens (including phenoxy) is 8. The van der Waals surface area contributed by atoms with E-state index in [1.807, 2.05) is 88.9 Å². The number of nitrogen functional groups attached to an aromatic ring is 2. The molecule has 1 aromatic carbocycles. The van der Waals surface area contributed by atoms with Gasteiger partial charge in [-0.1, -0.05) is 75.4 Å². The summed E-state index contributed by atoms with van der Waals surface area (Å²) >= 11 is 0. The summed E-state index contributed by atoms with van der Waals surface area (Å²) in [6.07, 6.45) is 25.4. The molecule has 4 fully saturated rings. The zero-order valence-electron chi connectivity index (χ0n) is 75.6. The number of pyridine rings is 1. The number of carbonyl (C=O) groups is 8. The number of carbonyl (C=O) groups excluding carboxylic acids is 8. The summed E-state index contributed by atoms with van der Waals surface area (Å²) in [5.41, 5.74) is 21.2. The number of aromatic amines is 1. The molecule has 13 rings (SSSR count). The lowest BCUT2D eigenvalue weighted by atomic mass is 9.83. The zero-order chi connectivity index (χ0) is 91.6. The Bertz CT molecular complexity index is 5160. The van der Waals surface area contributed by atoms with Crippen molar-refractivity contribution >= 4 is 92.7 Å². The van der Waals surface area contributed by atoms with Gasteiger partial charge in [0.2, 0.25) is 23.6 Å². The molecule has 1 aliphatic carbocycles. The average Bonchev–Trinajstić information content (AvgIpc) is 1.61. The predicted octanol–water partition coefficient (Wildman–Crippen LogP) is 9.63. The second-order valence-corrected chi connectivity index (χ2v) is 35.0. The van der Waals surface area contributed by atoms with Crippen molar-refractivity contribution in [2.75, 3.05) is 127 Å². The molecule has 9 atom stereocenters. The normalized spacial score (nSPS) is 24.1. The number of anilines is 4. The Morgan fingerprint density at radius 1 is 0.685 bits per heavy atom. The van der Waals surface area contributed by atoms with E-state index < -0.39 is 59.9 Å². The number of esters is 1. The molecular weight excluding hydrogens is 1670 g/mol. The smallest absolute Gasteiger partial charge is 0.407 e. The van der Waals surface area contributed by atoms with Gasteiger partial charge in [-0.15, -0.1) is 0 Å². The number of alkyl carbamates (subject to hydrolysis) is 1. The molecule has 11 heterocycles. The zero-order valence-corrected chi connectivity index (χ0v) is 75.6. The highest BCUT2D eigenvalue weighted by molar-refractivity contribution is 6.38. The van der Waals surface area contributed by atoms with Gasteiger partial charge in [-0.3, -0.25) is 28.8 Å². The monoisotopic (exact) mass is 1790 g/mol. The molecule has 0 spiro atoms. The topological polar surface area (TPSA) is 444 Å². The maximum atomic E-state index is 14.5. The minimum atomic E-state index is -1.10. The number of hydrogen-bond acceptors (Lipinski definition) is 29. The number of aliphatic hydroxyl groups excluding tert-OH is 1. The molecular formula is C95H126N18O17. The molecule has 1 saturated carbocycles. The minimum absolute atomic E-state index is 0.0374. The van der Waals surface area contributed by atoms with Crippen LogP contribution in [0.3, 0.4) is 0 Å². The van der Waals surface area contributed by atoms with Crippen molar-refractivity contribution in [3.63, 3.8) is 0 Å². The predicted molar refractivity (Wildman–Crippen MR) is 486 cm³/mol. The van der Waals surface area contributed by atoms with Crippen molar-refractivity contribution in [3.8, 4) is 11.3 Å². The number of piperazine rings is 1. The quantitative estimate of drug-likeness (QED) is 0.0115. The van der Waals surface area contributed by atoms with E-state index in [0.717, 1.165) is 39.7 Å². The minimum Gasteiger partial charge on any atom is -0.460 e. The first-order valence-corrected chi connectivity index (χ1v) is 45.9. The molecule has 7 aromatic rings. The van der Waals surface area contributed by atoms with Crippen LogP contribution in [0.2, 0.25) is 0 Å². The van der Waals surface area contributed by atoms with Crippen LogP contribution in [0.15, 0.2) is 115 Å². The molecule has 35 nitrogen and oxygen atoms in total. The Morgan fingerprint density at radius 3 is 2.18 bits per heavy atom. The third-order valence-electron chi connectivity index (χ3n) is 25.4. The summed E-state index contributed by atoms with van der Waals surface area (Å²) in [5.74, 6) is -2.33. The number of ketones is 3. The van der Waals surface area contributed by atoms with Gasteiger partial charge in [-0.05, 0) is 156 Å². The number of benzene rings is 1. The molecule has 130 heavy (non-hydrogen) atoms. The van der Waals surface area contributed by atoms with Crippen LogP contribution in [0.1, 0.15) is 176 Å². The number of H-pyrrole nitrogens is 1. The summed E-state index contributed by atoms with van der Waals surface area (Å²) in [6, 6.07) is 9.28. The van der Waals surface area contributed by atoms with Crippen molar-refractivity contribution < 1.29 is 81.4 Å². The highest BCUT2D eigenvalue weighted by atomic mass is 16.6. The van der Waals surface area contributed by atoms with Gasteiger partial charge in [0, 0.05) is 145 Å². The third-order valence-corrected chi connectivity index (χ3v) is 25.4. The van der Waals surface area contributed by atoms with Gasteiger partial charge in [0.25, 0.3) is 11.8 Å². The van der Waals surface area contributed by atoms with Crippen LogP contribution in [0.25, 0.3) is 33.3 Å². The fourth-order valence-corrected chi connectivity index (χ4v) is 17.7. The van der Waals surface area contributed by atoms with Crippen molar-refractivity contribution in [2.24, 2.45) is 23.7 Å². The lowest BCUT2D eigenvalue weighted by molar-refractivity contribution is -0.167. The molecule has 2 bridgehead atoms. The van der Waals surface area contributed by atoms with Gasteiger partial charge in [0.15, 0.2) is 5.65 Å². The molecule has 5 aliphatic heterocycles. The van der Waals surface area contributed by atoms with Crippen LogP contribution < -0.4 is 31.9 Å². The van der Waals surface area contributed by atoms with Gasteiger partial charge >= 0.3 is 12.1 Å². The Hall–Kier alpha value is -11.3. The standard InChI is InChI=1S/C95H126N18O17/c1-60-13-8-7-9-14-61(2)81(123-6)50-73-15-12-17-80(128-73)85(118)91(120)112-31-11-10-16-76(112)92(121)129-74(49-77(114)63(4)46-64(5)79(116)51-78(115)62(3)45-60)25-21-65-19-23-72(24-20-65)130-95(122)104-54-67-52-101-93(102-53-67)109-33-35-110(36-34-109)94-103-56-75(86(96)107-94)90(119)99-30-38-125-40-42-127-44-43-126-41-39-124-37-28-82(117)111-32-27-68-47-66(18-22-70(68)58-111)57-113-89-83(87(97)105-59-106-89)84(108-113)71-48-69-26-29-98-88(69)100-55-71/h7-9,13-14,18,22,26,29,46-48,52-53,55-56,59-60,62-63,65,72-74,76,79-81,116H,10-12,15-17,19-21,23-25,27-28,30-45,49-51,54,57-58H2,1-6H3,(H,98,100)(H,99,119)(H,104,122)(H2,96,103,107)(H2,97,105,106)/b9-7?,13-8+,61-14?,64-46+/t60-,62-,63-,65?,72?,73?,74-,76+,79+,80?,81+/m1/s1. The number of rotatable bonds is 28. The number of amides is 4. The maximum Gasteiger partial charge on any atom is 0.407 e. The fraction of sp³-hybridized carbons (Fsp3) is 0.558. The van der Waals surface area contributed by atoms with Crippen LogP contribution in [-0.2, 0) is 92.7 Å². The molecule has 0 radical (unpaired) electrons. The van der Waals surface area contributed by atoms with Gasteiger partial charge in [-0.2, -0.15) is 10.1 Å². The molecule has 35 heteroatoms. The molecule has 2 unspecified atom stereocenters. The first-order valence-electron chi connectivity index (χ1n) is 45.9. The number of methoxy groups -OCH3 is 1. The number of Topliss-reactive ketones (excluding diaryl/α,β-unsaturated/α-hetero) is 3. The van der Waals surface area contributed by atoms with E-state index in [1.165, 1.54) is 23.0 Å². The number of nitrogens with zero attached hydrogens (tertiary/aromatic N) is 13. The molecule has 698 valence electrons. The number of aliphatic hydroxyl groups is 1. The van der Waals surface area contributed by atoms with E-state index in [2.05, 4.69) is 68.7 Å². The maximum absolute atomic E-state index is 14.5. The van der Waals surface area contributed by atoms with Crippen molar-refractivity contribution in [1.29, 1.82) is 0 Å². The van der Waals surface area contributed by atoms with Crippen LogP contribution >= 0.6 is 0 Å². The highest BCUT2D eigenvalue weighted by Crippen LogP contribution is 2.36. The van der Waals surface area contributed by atoms with E-state index >= 15 is 0 Å². The third kappa shape index (κ3) is 26.7. The van der Waals surface area contributed by atoms with E-state index in [1.54, 1.807) is 45.6 Å². The van der Waals surface area contributed by atoms with E-state index in [9.17, 15) is 43.5 Å². The largest absolute Gasteiger partial charge is 0.460 e. The lowest BCUT2D eigenvalue weighted by Gasteiger charge is -2.36. The number of allylic oxidation sites excluding steroid dienone is 6. The van der Waals surface area contributed by atoms with Crippen LogP contribution in [-0.4, -0.2) is 260 Å². The number of hydrogen-bond donors (Lipinski definition) is 6. The summed E-state index contributed by atoms with van der Waals surface area (Å²) < 4.78 is 49.0. The second-order valence-electron chi connectivity index (χ2n) is 35.0. The van der Waals surface area contributed by atoms with Gasteiger partial charge in [-0.25, -0.2) is 44.2 Å². The first kappa shape index (κ1) is 96.2. The average molecular weight is 1790 g/mol. The van der Waals surface area contributed by atoms with Gasteiger partial charge in [0.05, 0.1) is 95.1 Å². The molecule has 6 aliphatic rings. The Balaban J connectivity index is 0.473. The summed E-state index contributed by atoms with van der Waals surface area (Å²) in [7, 11) is 1.63. The van der Waals surface area contributed by atoms with Crippen molar-refractivity contribution in [2.45, 2.75) is 212 Å². The Kier molecular flexibility index (Phi) is 35.1. The molecule has 4 amide bonds. The van der Waals surface area contributed by atoms with Crippen LogP contribution in [0, 0.1) is 23.7 Å². The number of nitrogens with one attached hydrogen (secondary N) is 3. The molecule has 8 N–H and O–H groups in total. The van der Waals surface area contributed by atoms with Gasteiger partial charge < -0.3 is 89.7 Å². The number of fused-ring (bicyclic) bond motifs is 6. The number of piperidine rings is 1. The number of cyclic esters (lactones) is 1. The SMILES string of the molecule is CO[C@H]1CC2CCCC(O2)C(=O)C(=O)N2CCCC[C@H]2C(=O)O[C@H](CCC2CCC(OC(=O)NCc3cnc(N4CCN(c5ncc(C(=O)NCCOCCOCCOCCOCCC(=O)N6CCc7cc(Cn8nc(-c9cnc%10[nH]ccc%10c9)c9c(N)ncnc98)ccc7C6)c(N)n5)CC4)nc3)CC2)CC(=O)[C@H](C)/C=C(\C)[C@@H](O)CC(=O)[C@H](C)C[C@H](C)/C=C/C=CC=C1C. The summed E-state index contributed by atoms with van der Waals surface area (Å²) in [6.45, 7) is 16.2. The van der Waals surface area contributed by atoms with E-state index in [-0.39, 0.29) is 123 Å². The van der Waals surface area contributed by atoms with Gasteiger partial charge in [0.1, 0.15) is 65.2 Å². The molecule has 3 saturated heterocycles. The van der Waals surface area contributed by atoms with Crippen LogP contribution in [0.4, 0.5) is 28.3 Å². The van der Waals surface area contributed by atoms with E-state index in [4.69, 9.17) is 54.5 Å².